The van der Waals surface area contributed by atoms with Gasteiger partial charge in [0.25, 0.3) is 0 Å². The van der Waals surface area contributed by atoms with Crippen LogP contribution in [0.15, 0.2) is 18.2 Å². The van der Waals surface area contributed by atoms with Gasteiger partial charge in [-0.2, -0.15) is 0 Å². The first-order valence-corrected chi connectivity index (χ1v) is 14.2. The minimum absolute atomic E-state index is 0.0681. The minimum atomic E-state index is -2.33. The molecule has 1 fully saturated rings. The maximum atomic E-state index is 13.8. The van der Waals surface area contributed by atoms with Crippen molar-refractivity contribution < 1.29 is 63.3 Å². The van der Waals surface area contributed by atoms with E-state index in [1.165, 1.54) is 39.2 Å². The molecule has 6 unspecified atom stereocenters. The number of esters is 1. The van der Waals surface area contributed by atoms with Gasteiger partial charge in [-0.1, -0.05) is 12.1 Å². The molecular formula is C31H33NO13. The van der Waals surface area contributed by atoms with Gasteiger partial charge < -0.3 is 44.7 Å². The van der Waals surface area contributed by atoms with Gasteiger partial charge in [0.15, 0.2) is 18.7 Å². The fourth-order valence-electron chi connectivity index (χ4n) is 6.27. The molecule has 1 heterocycles. The van der Waals surface area contributed by atoms with Crippen LogP contribution in [0.2, 0.25) is 0 Å². The highest BCUT2D eigenvalue weighted by Gasteiger charge is 2.50. The average molecular weight is 628 g/mol. The third-order valence-electron chi connectivity index (χ3n) is 8.41. The number of ether oxygens (including phenoxy) is 4. The second-order valence-corrected chi connectivity index (χ2v) is 11.4. The number of ketones is 3. The molecule has 6 atom stereocenters. The highest BCUT2D eigenvalue weighted by atomic mass is 16.7. The number of amides is 1. The van der Waals surface area contributed by atoms with E-state index in [9.17, 15) is 44.4 Å². The zero-order valence-electron chi connectivity index (χ0n) is 24.9. The zero-order valence-corrected chi connectivity index (χ0v) is 24.9. The molecule has 1 saturated heterocycles. The Hall–Kier alpha value is -4.37. The van der Waals surface area contributed by atoms with E-state index in [1.54, 1.807) is 0 Å². The van der Waals surface area contributed by atoms with Crippen LogP contribution in [-0.2, 0) is 35.0 Å². The Morgan fingerprint density at radius 2 is 1.76 bits per heavy atom. The number of nitrogens with one attached hydrogen (secondary N) is 1. The van der Waals surface area contributed by atoms with Gasteiger partial charge in [0.2, 0.25) is 17.5 Å². The number of aliphatic hydroxyl groups excluding tert-OH is 1. The van der Waals surface area contributed by atoms with Crippen molar-refractivity contribution in [2.45, 2.75) is 76.3 Å². The van der Waals surface area contributed by atoms with E-state index in [0.717, 1.165) is 6.92 Å². The van der Waals surface area contributed by atoms with E-state index >= 15 is 0 Å². The van der Waals surface area contributed by atoms with Crippen LogP contribution in [0.3, 0.4) is 0 Å². The van der Waals surface area contributed by atoms with Crippen molar-refractivity contribution in [2.75, 3.05) is 13.7 Å². The van der Waals surface area contributed by atoms with Gasteiger partial charge in [-0.3, -0.25) is 24.0 Å². The summed E-state index contributed by atoms with van der Waals surface area (Å²) in [5.41, 5.74) is -3.98. The summed E-state index contributed by atoms with van der Waals surface area (Å²) in [6.07, 6.45) is -5.83. The summed E-state index contributed by atoms with van der Waals surface area (Å²) in [6, 6.07) is 3.50. The first kappa shape index (κ1) is 32.0. The minimum Gasteiger partial charge on any atom is -0.507 e. The van der Waals surface area contributed by atoms with Crippen molar-refractivity contribution in [1.29, 1.82) is 0 Å². The summed E-state index contributed by atoms with van der Waals surface area (Å²) in [5.74, 6) is -5.16. The Morgan fingerprint density at radius 3 is 2.40 bits per heavy atom. The van der Waals surface area contributed by atoms with Gasteiger partial charge in [0.05, 0.1) is 42.0 Å². The third-order valence-corrected chi connectivity index (χ3v) is 8.41. The Morgan fingerprint density at radius 1 is 1.07 bits per heavy atom. The Balaban J connectivity index is 1.64. The Bertz CT molecular complexity index is 1620. The van der Waals surface area contributed by atoms with Crippen molar-refractivity contribution in [1.82, 2.24) is 5.32 Å². The maximum Gasteiger partial charge on any atom is 0.303 e. The molecule has 240 valence electrons. The number of carbonyl (C=O) groups is 5. The van der Waals surface area contributed by atoms with Gasteiger partial charge in [0.1, 0.15) is 29.0 Å². The molecule has 1 amide bonds. The number of hydrogen-bond acceptors (Lipinski definition) is 13. The van der Waals surface area contributed by atoms with E-state index in [4.69, 9.17) is 18.9 Å². The lowest BCUT2D eigenvalue weighted by atomic mass is 9.72. The zero-order chi connectivity index (χ0) is 33.0. The van der Waals surface area contributed by atoms with Crippen LogP contribution in [0.5, 0.6) is 17.2 Å². The van der Waals surface area contributed by atoms with E-state index in [-0.39, 0.29) is 34.4 Å². The molecule has 5 N–H and O–H groups in total. The van der Waals surface area contributed by atoms with Gasteiger partial charge >= 0.3 is 5.97 Å². The normalized spacial score (nSPS) is 27.1. The van der Waals surface area contributed by atoms with Crippen molar-refractivity contribution >= 4 is 29.2 Å². The highest BCUT2D eigenvalue weighted by molar-refractivity contribution is 6.31. The van der Waals surface area contributed by atoms with Crippen molar-refractivity contribution in [3.63, 3.8) is 0 Å². The van der Waals surface area contributed by atoms with Crippen LogP contribution < -0.4 is 10.1 Å². The lowest BCUT2D eigenvalue weighted by Crippen LogP contribution is -2.55. The summed E-state index contributed by atoms with van der Waals surface area (Å²) >= 11 is 0. The number of phenols is 2. The lowest BCUT2D eigenvalue weighted by molar-refractivity contribution is -0.249. The van der Waals surface area contributed by atoms with Crippen molar-refractivity contribution in [3.05, 3.63) is 51.6 Å². The summed E-state index contributed by atoms with van der Waals surface area (Å²) in [7, 11) is 1.31. The standard InChI is InChI=1S/C31H33NO13/c1-12-26(36)17(32-13(2)33)8-21(44-12)45-19-10-31(41,20(35)11-43-14(3)34)9-16-23(19)30(40)25-24(28(16)38)27(37)15-6-5-7-18(42-4)22(15)29(25)39/h5-7,12,17,19,21,26,36,38,40-41H,8-11H2,1-4H3,(H,32,33). The van der Waals surface area contributed by atoms with Crippen LogP contribution in [0.25, 0.3) is 0 Å². The largest absolute Gasteiger partial charge is 0.507 e. The average Bonchev–Trinajstić information content (AvgIpc) is 2.97. The molecule has 2 aromatic rings. The SMILES string of the molecule is COc1cccc2c1C(=O)c1c(O)c3c(c(O)c1C2=O)CC(O)(C(=O)COC(C)=O)CC3OC1CC(NC(C)=O)C(O)C(C)O1. The smallest absolute Gasteiger partial charge is 0.303 e. The molecule has 0 saturated carbocycles. The number of fused-ring (bicyclic) bond motifs is 3. The van der Waals surface area contributed by atoms with Crippen LogP contribution in [0, 0.1) is 0 Å². The second-order valence-electron chi connectivity index (χ2n) is 11.4. The molecule has 0 spiro atoms. The fraction of sp³-hybridized carbons (Fsp3) is 0.452. The molecule has 2 aromatic carbocycles. The molecule has 14 heteroatoms. The summed E-state index contributed by atoms with van der Waals surface area (Å²) < 4.78 is 22.0. The molecule has 1 aliphatic heterocycles. The molecule has 5 rings (SSSR count). The molecule has 2 aliphatic carbocycles. The predicted octanol–water partition coefficient (Wildman–Crippen LogP) is 0.749. The van der Waals surface area contributed by atoms with Crippen LogP contribution >= 0.6 is 0 Å². The maximum absolute atomic E-state index is 13.8. The van der Waals surface area contributed by atoms with Crippen LogP contribution in [-0.4, -0.2) is 93.5 Å². The topological polar surface area (TPSA) is 215 Å². The quantitative estimate of drug-likeness (QED) is 0.181. The highest BCUT2D eigenvalue weighted by Crippen LogP contribution is 2.52. The first-order chi connectivity index (χ1) is 21.2. The van der Waals surface area contributed by atoms with E-state index < -0.39 is 108 Å². The Labute approximate surface area is 256 Å². The molecule has 3 aliphatic rings. The molecule has 14 nitrogen and oxygen atoms in total. The number of hydrogen-bond donors (Lipinski definition) is 5. The second kappa shape index (κ2) is 11.9. The number of rotatable bonds is 7. The number of aromatic hydroxyl groups is 2. The fourth-order valence-corrected chi connectivity index (χ4v) is 6.27. The molecule has 0 bridgehead atoms. The van der Waals surface area contributed by atoms with Crippen LogP contribution in [0.4, 0.5) is 0 Å². The summed E-state index contributed by atoms with van der Waals surface area (Å²) in [6.45, 7) is 3.07. The molecule has 0 aromatic heterocycles. The van der Waals surface area contributed by atoms with E-state index in [0.29, 0.717) is 0 Å². The molecular weight excluding hydrogens is 594 g/mol. The third kappa shape index (κ3) is 5.54. The monoisotopic (exact) mass is 627 g/mol. The number of Topliss-reactive ketones (excluding diaryl/α,β-unsaturated/α-hetero) is 1. The Kier molecular flexibility index (Phi) is 8.44. The number of carbonyl (C=O) groups excluding carboxylic acids is 5. The van der Waals surface area contributed by atoms with Gasteiger partial charge in [0, 0.05) is 49.8 Å². The number of phenolic OH excluding ortho intramolecular Hbond substituents is 2. The number of aliphatic hydroxyl groups is 2. The number of benzene rings is 2. The summed E-state index contributed by atoms with van der Waals surface area (Å²) in [5, 5.41) is 48.0. The molecule has 45 heavy (non-hydrogen) atoms. The first-order valence-electron chi connectivity index (χ1n) is 14.2. The number of methoxy groups -OCH3 is 1. The van der Waals surface area contributed by atoms with Crippen LogP contribution in [0.1, 0.15) is 82.7 Å². The summed E-state index contributed by atoms with van der Waals surface area (Å²) in [4.78, 5) is 63.8. The van der Waals surface area contributed by atoms with Crippen molar-refractivity contribution in [3.8, 4) is 17.2 Å². The van der Waals surface area contributed by atoms with Gasteiger partial charge in [-0.15, -0.1) is 0 Å². The predicted molar refractivity (Wildman–Crippen MR) is 151 cm³/mol. The van der Waals surface area contributed by atoms with Gasteiger partial charge in [-0.05, 0) is 13.0 Å². The van der Waals surface area contributed by atoms with E-state index in [2.05, 4.69) is 5.32 Å². The molecule has 0 radical (unpaired) electrons. The van der Waals surface area contributed by atoms with E-state index in [1.807, 2.05) is 0 Å². The van der Waals surface area contributed by atoms with Crippen molar-refractivity contribution in [2.24, 2.45) is 0 Å². The lowest BCUT2D eigenvalue weighted by Gasteiger charge is -2.42. The van der Waals surface area contributed by atoms with Gasteiger partial charge in [-0.25, -0.2) is 0 Å².